The quantitative estimate of drug-likeness (QED) is 0.810. The molecule has 5 heteroatoms. The van der Waals surface area contributed by atoms with Crippen molar-refractivity contribution in [1.29, 1.82) is 0 Å². The molecule has 2 unspecified atom stereocenters. The Morgan fingerprint density at radius 3 is 2.68 bits per heavy atom. The van der Waals surface area contributed by atoms with Gasteiger partial charge in [-0.1, -0.05) is 13.8 Å². The van der Waals surface area contributed by atoms with Crippen molar-refractivity contribution < 1.29 is 9.59 Å². The number of hydrogen-bond acceptors (Lipinski definition) is 3. The van der Waals surface area contributed by atoms with E-state index in [0.29, 0.717) is 19.4 Å². The Labute approximate surface area is 115 Å². The van der Waals surface area contributed by atoms with Gasteiger partial charge < -0.3 is 15.5 Å². The minimum atomic E-state index is -0.268. The minimum Gasteiger partial charge on any atom is -0.340 e. The third-order valence-corrected chi connectivity index (χ3v) is 4.52. The molecule has 0 bridgehead atoms. The number of nitrogens with two attached hydrogens (primary N) is 1. The molecule has 0 spiro atoms. The Morgan fingerprint density at radius 2 is 2.21 bits per heavy atom. The molecule has 2 saturated heterocycles. The van der Waals surface area contributed by atoms with E-state index in [-0.39, 0.29) is 23.3 Å². The number of nitrogens with zero attached hydrogens (tertiary/aromatic N) is 2. The van der Waals surface area contributed by atoms with Crippen LogP contribution in [-0.4, -0.2) is 53.8 Å². The van der Waals surface area contributed by atoms with E-state index in [1.807, 2.05) is 11.8 Å². The number of amides is 2. The summed E-state index contributed by atoms with van der Waals surface area (Å²) in [5.41, 5.74) is 5.83. The van der Waals surface area contributed by atoms with Crippen LogP contribution in [0.4, 0.5) is 0 Å². The van der Waals surface area contributed by atoms with Gasteiger partial charge in [0.15, 0.2) is 0 Å². The first-order valence-electron chi connectivity index (χ1n) is 7.29. The van der Waals surface area contributed by atoms with E-state index in [2.05, 4.69) is 6.92 Å². The van der Waals surface area contributed by atoms with Crippen molar-refractivity contribution in [2.75, 3.05) is 26.2 Å². The number of likely N-dealkylation sites (tertiary alicyclic amines) is 2. The standard InChI is InChI=1S/C14H25N3O2/c1-3-11(17-7-4-5-12(17)18)13(19)16-8-6-14(2,9-15)10-16/h11H,3-10,15H2,1-2H3. The lowest BCUT2D eigenvalue weighted by molar-refractivity contribution is -0.143. The van der Waals surface area contributed by atoms with E-state index in [9.17, 15) is 9.59 Å². The van der Waals surface area contributed by atoms with Gasteiger partial charge in [0, 0.05) is 26.1 Å². The second-order valence-electron chi connectivity index (χ2n) is 6.14. The molecule has 2 atom stereocenters. The van der Waals surface area contributed by atoms with Gasteiger partial charge in [-0.15, -0.1) is 0 Å². The molecule has 2 rings (SSSR count). The van der Waals surface area contributed by atoms with Crippen LogP contribution in [0.1, 0.15) is 39.5 Å². The van der Waals surface area contributed by atoms with Crippen LogP contribution in [0.2, 0.25) is 0 Å². The normalized spacial score (nSPS) is 29.1. The molecule has 0 aromatic carbocycles. The molecule has 5 nitrogen and oxygen atoms in total. The van der Waals surface area contributed by atoms with Crippen LogP contribution < -0.4 is 5.73 Å². The first kappa shape index (κ1) is 14.3. The van der Waals surface area contributed by atoms with Crippen molar-refractivity contribution in [2.45, 2.75) is 45.6 Å². The summed E-state index contributed by atoms with van der Waals surface area (Å²) in [5, 5.41) is 0. The zero-order chi connectivity index (χ0) is 14.0. The Bertz CT molecular complexity index is 372. The van der Waals surface area contributed by atoms with Crippen molar-refractivity contribution >= 4 is 11.8 Å². The smallest absolute Gasteiger partial charge is 0.245 e. The Kier molecular flexibility index (Phi) is 4.13. The maximum Gasteiger partial charge on any atom is 0.245 e. The van der Waals surface area contributed by atoms with Crippen LogP contribution in [0.15, 0.2) is 0 Å². The molecule has 2 heterocycles. The zero-order valence-electron chi connectivity index (χ0n) is 12.0. The average molecular weight is 267 g/mol. The van der Waals surface area contributed by atoms with Gasteiger partial charge in [0.05, 0.1) is 0 Å². The van der Waals surface area contributed by atoms with Gasteiger partial charge in [0.1, 0.15) is 6.04 Å². The summed E-state index contributed by atoms with van der Waals surface area (Å²) >= 11 is 0. The number of hydrogen-bond donors (Lipinski definition) is 1. The topological polar surface area (TPSA) is 66.6 Å². The van der Waals surface area contributed by atoms with Gasteiger partial charge in [-0.3, -0.25) is 9.59 Å². The van der Waals surface area contributed by atoms with Crippen LogP contribution in [0, 0.1) is 5.41 Å². The molecule has 19 heavy (non-hydrogen) atoms. The van der Waals surface area contributed by atoms with Crippen LogP contribution >= 0.6 is 0 Å². The number of rotatable bonds is 4. The molecular weight excluding hydrogens is 242 g/mol. The highest BCUT2D eigenvalue weighted by Gasteiger charge is 2.39. The van der Waals surface area contributed by atoms with Crippen LogP contribution in [0.5, 0.6) is 0 Å². The average Bonchev–Trinajstić information content (AvgIpc) is 2.98. The molecule has 0 aromatic rings. The second-order valence-corrected chi connectivity index (χ2v) is 6.14. The van der Waals surface area contributed by atoms with Gasteiger partial charge in [0.25, 0.3) is 0 Å². The van der Waals surface area contributed by atoms with Crippen molar-refractivity contribution in [1.82, 2.24) is 9.80 Å². The second kappa shape index (κ2) is 5.49. The van der Waals surface area contributed by atoms with Crippen LogP contribution in [-0.2, 0) is 9.59 Å². The summed E-state index contributed by atoms with van der Waals surface area (Å²) in [6.45, 7) is 6.93. The molecule has 0 radical (unpaired) electrons. The summed E-state index contributed by atoms with van der Waals surface area (Å²) in [5.74, 6) is 0.232. The van der Waals surface area contributed by atoms with E-state index in [4.69, 9.17) is 5.73 Å². The SMILES string of the molecule is CCC(C(=O)N1CCC(C)(CN)C1)N1CCCC1=O. The fourth-order valence-corrected chi connectivity index (χ4v) is 3.12. The summed E-state index contributed by atoms with van der Waals surface area (Å²) in [7, 11) is 0. The van der Waals surface area contributed by atoms with Gasteiger partial charge in [-0.2, -0.15) is 0 Å². The van der Waals surface area contributed by atoms with Crippen molar-refractivity contribution in [3.8, 4) is 0 Å². The van der Waals surface area contributed by atoms with E-state index >= 15 is 0 Å². The number of carbonyl (C=O) groups excluding carboxylic acids is 2. The van der Waals surface area contributed by atoms with Crippen molar-refractivity contribution in [3.05, 3.63) is 0 Å². The summed E-state index contributed by atoms with van der Waals surface area (Å²) in [4.78, 5) is 28.1. The Hall–Kier alpha value is -1.10. The maximum atomic E-state index is 12.6. The molecule has 2 aliphatic heterocycles. The van der Waals surface area contributed by atoms with E-state index in [0.717, 1.165) is 32.5 Å². The van der Waals surface area contributed by atoms with Gasteiger partial charge >= 0.3 is 0 Å². The Balaban J connectivity index is 2.03. The van der Waals surface area contributed by atoms with Gasteiger partial charge in [0.2, 0.25) is 11.8 Å². The summed E-state index contributed by atoms with van der Waals surface area (Å²) in [6, 6.07) is -0.268. The molecule has 2 aliphatic rings. The monoisotopic (exact) mass is 267 g/mol. The van der Waals surface area contributed by atoms with E-state index < -0.39 is 0 Å². The third-order valence-electron chi connectivity index (χ3n) is 4.52. The molecule has 2 amide bonds. The largest absolute Gasteiger partial charge is 0.340 e. The minimum absolute atomic E-state index is 0.0446. The molecule has 0 aromatic heterocycles. The fourth-order valence-electron chi connectivity index (χ4n) is 3.12. The molecule has 0 saturated carbocycles. The first-order valence-corrected chi connectivity index (χ1v) is 7.29. The highest BCUT2D eigenvalue weighted by Crippen LogP contribution is 2.30. The van der Waals surface area contributed by atoms with Crippen molar-refractivity contribution in [3.63, 3.8) is 0 Å². The molecule has 0 aliphatic carbocycles. The highest BCUT2D eigenvalue weighted by atomic mass is 16.2. The maximum absolute atomic E-state index is 12.6. The third kappa shape index (κ3) is 2.76. The summed E-state index contributed by atoms with van der Waals surface area (Å²) < 4.78 is 0. The fraction of sp³-hybridized carbons (Fsp3) is 0.857. The van der Waals surface area contributed by atoms with Crippen molar-refractivity contribution in [2.24, 2.45) is 11.1 Å². The van der Waals surface area contributed by atoms with E-state index in [1.54, 1.807) is 4.90 Å². The lowest BCUT2D eigenvalue weighted by Gasteiger charge is -2.30. The lowest BCUT2D eigenvalue weighted by Crippen LogP contribution is -2.49. The summed E-state index contributed by atoms with van der Waals surface area (Å²) in [6.07, 6.45) is 3.12. The zero-order valence-corrected chi connectivity index (χ0v) is 12.0. The highest BCUT2D eigenvalue weighted by molar-refractivity contribution is 5.88. The Morgan fingerprint density at radius 1 is 1.47 bits per heavy atom. The first-order chi connectivity index (χ1) is 9.00. The molecule has 108 valence electrons. The van der Waals surface area contributed by atoms with Gasteiger partial charge in [-0.05, 0) is 31.2 Å². The molecule has 2 fully saturated rings. The van der Waals surface area contributed by atoms with Crippen LogP contribution in [0.25, 0.3) is 0 Å². The van der Waals surface area contributed by atoms with Gasteiger partial charge in [-0.25, -0.2) is 0 Å². The van der Waals surface area contributed by atoms with Crippen LogP contribution in [0.3, 0.4) is 0 Å². The lowest BCUT2D eigenvalue weighted by atomic mass is 9.90. The molecule has 2 N–H and O–H groups in total. The number of carbonyl (C=O) groups is 2. The predicted octanol–water partition coefficient (Wildman–Crippen LogP) is 0.585. The predicted molar refractivity (Wildman–Crippen MR) is 73.4 cm³/mol. The van der Waals surface area contributed by atoms with E-state index in [1.165, 1.54) is 0 Å². The molecular formula is C14H25N3O2.